The average molecular weight is 574 g/mol. The number of rotatable bonds is 5. The van der Waals surface area contributed by atoms with Crippen LogP contribution in [0.15, 0.2) is 48.5 Å². The van der Waals surface area contributed by atoms with Crippen LogP contribution in [0.1, 0.15) is 10.4 Å². The third-order valence-corrected chi connectivity index (χ3v) is 5.16. The molecular weight excluding hydrogens is 562 g/mol. The van der Waals surface area contributed by atoms with Gasteiger partial charge in [-0.3, -0.25) is 14.9 Å². The number of benzene rings is 2. The fourth-order valence-electron chi connectivity index (χ4n) is 2.08. The molecule has 0 heterocycles. The molecule has 1 atom stereocenters. The van der Waals surface area contributed by atoms with Crippen LogP contribution in [0.5, 0.6) is 0 Å². The number of nitro groups is 1. The molecule has 28 heavy (non-hydrogen) atoms. The molecule has 0 bridgehead atoms. The van der Waals surface area contributed by atoms with Gasteiger partial charge in [-0.1, -0.05) is 59.1 Å². The van der Waals surface area contributed by atoms with E-state index in [1.54, 1.807) is 30.3 Å². The van der Waals surface area contributed by atoms with Gasteiger partial charge in [-0.25, -0.2) is 0 Å². The molecule has 0 saturated carbocycles. The van der Waals surface area contributed by atoms with E-state index >= 15 is 0 Å². The van der Waals surface area contributed by atoms with Gasteiger partial charge in [0, 0.05) is 9.64 Å². The smallest absolute Gasteiger partial charge is 0.292 e. The van der Waals surface area contributed by atoms with E-state index in [2.05, 4.69) is 16.0 Å². The molecule has 0 aliphatic rings. The summed E-state index contributed by atoms with van der Waals surface area (Å²) in [5.41, 5.74) is 0.360. The number of carbonyl (C=O) groups excluding carboxylic acids is 1. The Balaban J connectivity index is 2.15. The van der Waals surface area contributed by atoms with Crippen molar-refractivity contribution in [1.82, 2.24) is 10.6 Å². The second kappa shape index (κ2) is 9.88. The minimum absolute atomic E-state index is 0.0753. The summed E-state index contributed by atoms with van der Waals surface area (Å²) < 4.78 is -1.24. The fourth-order valence-corrected chi connectivity index (χ4v) is 3.27. The lowest BCUT2D eigenvalue weighted by Crippen LogP contribution is -2.56. The van der Waals surface area contributed by atoms with E-state index in [1.165, 1.54) is 18.2 Å². The van der Waals surface area contributed by atoms with E-state index in [0.717, 1.165) is 0 Å². The summed E-state index contributed by atoms with van der Waals surface area (Å²) in [5, 5.41) is 18.9. The maximum atomic E-state index is 12.5. The van der Waals surface area contributed by atoms with Gasteiger partial charge in [-0.15, -0.1) is 0 Å². The quantitative estimate of drug-likeness (QED) is 0.121. The molecular formula is C16H12Cl3IN4O3S. The number of nitrogens with zero attached hydrogens (tertiary/aromatic N) is 1. The number of carbonyl (C=O) groups is 1. The van der Waals surface area contributed by atoms with Crippen LogP contribution in [0.4, 0.5) is 11.4 Å². The van der Waals surface area contributed by atoms with Crippen molar-refractivity contribution < 1.29 is 9.72 Å². The highest BCUT2D eigenvalue weighted by Gasteiger charge is 2.35. The van der Waals surface area contributed by atoms with Gasteiger partial charge >= 0.3 is 0 Å². The Hall–Kier alpha value is -1.40. The zero-order valence-corrected chi connectivity index (χ0v) is 19.0. The summed E-state index contributed by atoms with van der Waals surface area (Å²) >= 11 is 25.0. The van der Waals surface area contributed by atoms with Crippen LogP contribution >= 0.6 is 69.6 Å². The van der Waals surface area contributed by atoms with Crippen LogP contribution in [0.3, 0.4) is 0 Å². The number of hydrogen-bond donors (Lipinski definition) is 3. The summed E-state index contributed by atoms with van der Waals surface area (Å²) in [6.07, 6.45) is -1.20. The molecule has 1 amide bonds. The molecule has 0 aliphatic heterocycles. The highest BCUT2D eigenvalue weighted by atomic mass is 127. The number of anilines is 1. The van der Waals surface area contributed by atoms with Crippen molar-refractivity contribution in [3.63, 3.8) is 0 Å². The third kappa shape index (κ3) is 6.31. The molecule has 2 rings (SSSR count). The second-order valence-corrected chi connectivity index (χ2v) is 9.24. The topological polar surface area (TPSA) is 96.3 Å². The van der Waals surface area contributed by atoms with E-state index < -0.39 is 20.8 Å². The van der Waals surface area contributed by atoms with Crippen molar-refractivity contribution in [2.45, 2.75) is 9.96 Å². The first-order valence-electron chi connectivity index (χ1n) is 7.52. The van der Waals surface area contributed by atoms with Crippen LogP contribution in [-0.4, -0.2) is 25.9 Å². The maximum Gasteiger partial charge on any atom is 0.292 e. The first-order chi connectivity index (χ1) is 13.1. The summed E-state index contributed by atoms with van der Waals surface area (Å²) in [6.45, 7) is 0. The van der Waals surface area contributed by atoms with Gasteiger partial charge in [0.15, 0.2) is 5.11 Å². The third-order valence-electron chi connectivity index (χ3n) is 3.35. The van der Waals surface area contributed by atoms with Crippen molar-refractivity contribution in [3.05, 3.63) is 67.8 Å². The molecule has 3 N–H and O–H groups in total. The summed E-state index contributed by atoms with van der Waals surface area (Å²) in [4.78, 5) is 23.1. The van der Waals surface area contributed by atoms with Crippen LogP contribution in [0.25, 0.3) is 0 Å². The Morgan fingerprint density at radius 3 is 2.32 bits per heavy atom. The molecule has 2 aromatic carbocycles. The molecule has 0 radical (unpaired) electrons. The van der Waals surface area contributed by atoms with E-state index in [0.29, 0.717) is 9.13 Å². The second-order valence-electron chi connectivity index (χ2n) is 5.30. The molecule has 0 aromatic heterocycles. The first-order valence-corrected chi connectivity index (χ1v) is 10.1. The number of para-hydroxylation sites is 2. The Labute approximate surface area is 194 Å². The van der Waals surface area contributed by atoms with Crippen molar-refractivity contribution >= 4 is 92.0 Å². The van der Waals surface area contributed by atoms with Crippen LogP contribution in [-0.2, 0) is 0 Å². The highest BCUT2D eigenvalue weighted by Crippen LogP contribution is 2.30. The van der Waals surface area contributed by atoms with Gasteiger partial charge in [-0.05, 0) is 53.0 Å². The minimum Gasteiger partial charge on any atom is -0.339 e. The number of hydrogen-bond acceptors (Lipinski definition) is 4. The van der Waals surface area contributed by atoms with Crippen LogP contribution in [0.2, 0.25) is 0 Å². The predicted molar refractivity (Wildman–Crippen MR) is 123 cm³/mol. The van der Waals surface area contributed by atoms with Crippen molar-refractivity contribution in [2.75, 3.05) is 5.32 Å². The normalized spacial score (nSPS) is 12.0. The van der Waals surface area contributed by atoms with Gasteiger partial charge < -0.3 is 16.0 Å². The number of thiocarbonyl (C=S) groups is 1. The fraction of sp³-hybridized carbons (Fsp3) is 0.125. The van der Waals surface area contributed by atoms with Crippen molar-refractivity contribution in [1.29, 1.82) is 0 Å². The lowest BCUT2D eigenvalue weighted by molar-refractivity contribution is -0.383. The van der Waals surface area contributed by atoms with Crippen molar-refractivity contribution in [3.8, 4) is 0 Å². The van der Waals surface area contributed by atoms with Gasteiger partial charge in [0.1, 0.15) is 11.9 Å². The number of nitrogens with one attached hydrogen (secondary N) is 3. The van der Waals surface area contributed by atoms with E-state index in [4.69, 9.17) is 47.0 Å². The number of amides is 1. The maximum absolute atomic E-state index is 12.5. The molecule has 2 aromatic rings. The Kier molecular flexibility index (Phi) is 8.07. The lowest BCUT2D eigenvalue weighted by atomic mass is 10.2. The lowest BCUT2D eigenvalue weighted by Gasteiger charge is -2.28. The van der Waals surface area contributed by atoms with E-state index in [-0.39, 0.29) is 16.5 Å². The molecule has 148 valence electrons. The van der Waals surface area contributed by atoms with E-state index in [9.17, 15) is 14.9 Å². The SMILES string of the molecule is O=C(NC(NC(=S)Nc1ccccc1[N+](=O)[O-])C(Cl)(Cl)Cl)c1ccccc1I. The molecule has 0 spiro atoms. The number of alkyl halides is 3. The molecule has 0 aliphatic carbocycles. The molecule has 0 saturated heterocycles. The van der Waals surface area contributed by atoms with Crippen LogP contribution in [0, 0.1) is 13.7 Å². The summed E-state index contributed by atoms with van der Waals surface area (Å²) in [6, 6.07) is 12.8. The molecule has 12 heteroatoms. The zero-order valence-electron chi connectivity index (χ0n) is 13.8. The number of halogens is 4. The molecule has 0 fully saturated rings. The van der Waals surface area contributed by atoms with Gasteiger partial charge in [-0.2, -0.15) is 0 Å². The Morgan fingerprint density at radius 1 is 1.11 bits per heavy atom. The van der Waals surface area contributed by atoms with Gasteiger partial charge in [0.05, 0.1) is 10.5 Å². The molecule has 7 nitrogen and oxygen atoms in total. The van der Waals surface area contributed by atoms with Crippen LogP contribution < -0.4 is 16.0 Å². The van der Waals surface area contributed by atoms with Crippen molar-refractivity contribution in [2.24, 2.45) is 0 Å². The summed E-state index contributed by atoms with van der Waals surface area (Å²) in [7, 11) is 0. The predicted octanol–water partition coefficient (Wildman–Crippen LogP) is 4.61. The monoisotopic (exact) mass is 572 g/mol. The highest BCUT2D eigenvalue weighted by molar-refractivity contribution is 14.1. The average Bonchev–Trinajstić information content (AvgIpc) is 2.60. The first kappa shape index (κ1) is 22.9. The Morgan fingerprint density at radius 2 is 1.71 bits per heavy atom. The van der Waals surface area contributed by atoms with Gasteiger partial charge in [0.2, 0.25) is 3.79 Å². The summed E-state index contributed by atoms with van der Waals surface area (Å²) in [5.74, 6) is -0.484. The molecule has 1 unspecified atom stereocenters. The zero-order chi connectivity index (χ0) is 20.9. The standard InChI is InChI=1S/C16H12Cl3IN4O3S/c17-16(18,19)14(22-13(25)9-5-1-2-6-10(9)20)23-15(28)21-11-7-3-4-8-12(11)24(26)27/h1-8,14H,(H,22,25)(H2,21,23,28). The number of nitro benzene ring substituents is 1. The largest absolute Gasteiger partial charge is 0.339 e. The van der Waals surface area contributed by atoms with Gasteiger partial charge in [0.25, 0.3) is 11.6 Å². The minimum atomic E-state index is -1.95. The van der Waals surface area contributed by atoms with E-state index in [1.807, 2.05) is 22.6 Å². The Bertz CT molecular complexity index is 911.